The summed E-state index contributed by atoms with van der Waals surface area (Å²) in [6, 6.07) is 0. The van der Waals surface area contributed by atoms with Crippen molar-refractivity contribution in [1.29, 1.82) is 5.41 Å². The van der Waals surface area contributed by atoms with Crippen molar-refractivity contribution < 1.29 is 0 Å². The molecule has 0 spiro atoms. The lowest BCUT2D eigenvalue weighted by molar-refractivity contribution is 0.348. The fraction of sp³-hybridized carbons (Fsp3) is 0.909. The fourth-order valence-electron chi connectivity index (χ4n) is 1.83. The lowest BCUT2D eigenvalue weighted by atomic mass is 10.1. The van der Waals surface area contributed by atoms with Crippen molar-refractivity contribution >= 4 is 5.84 Å². The van der Waals surface area contributed by atoms with Gasteiger partial charge in [0.2, 0.25) is 0 Å². The Kier molecular flexibility index (Phi) is 4.26. The van der Waals surface area contributed by atoms with Crippen molar-refractivity contribution in [3.63, 3.8) is 0 Å². The summed E-state index contributed by atoms with van der Waals surface area (Å²) in [6.45, 7) is 6.76. The fourth-order valence-corrected chi connectivity index (χ4v) is 1.83. The molecule has 0 aliphatic carbocycles. The quantitative estimate of drug-likeness (QED) is 0.711. The van der Waals surface area contributed by atoms with Crippen molar-refractivity contribution in [2.45, 2.75) is 46.0 Å². The first-order valence-electron chi connectivity index (χ1n) is 5.52. The number of piperidine rings is 1. The van der Waals surface area contributed by atoms with Crippen LogP contribution >= 0.6 is 0 Å². The highest BCUT2D eigenvalue weighted by atomic mass is 15.2. The van der Waals surface area contributed by atoms with Crippen molar-refractivity contribution in [3.05, 3.63) is 0 Å². The molecule has 0 aromatic heterocycles. The minimum atomic E-state index is 0.805. The molecule has 1 aliphatic heterocycles. The summed E-state index contributed by atoms with van der Waals surface area (Å²) in [5.74, 6) is 1.67. The third-order valence-electron chi connectivity index (χ3n) is 2.68. The molecular weight excluding hydrogens is 160 g/mol. The van der Waals surface area contributed by atoms with Crippen LogP contribution in [0.4, 0.5) is 0 Å². The summed E-state index contributed by atoms with van der Waals surface area (Å²) in [5.41, 5.74) is 0. The maximum atomic E-state index is 7.76. The Morgan fingerprint density at radius 3 is 2.77 bits per heavy atom. The Morgan fingerprint density at radius 1 is 1.38 bits per heavy atom. The molecular formula is C11H22N2. The van der Waals surface area contributed by atoms with Crippen LogP contribution < -0.4 is 0 Å². The van der Waals surface area contributed by atoms with E-state index in [9.17, 15) is 0 Å². The van der Waals surface area contributed by atoms with E-state index in [1.54, 1.807) is 0 Å². The Bertz CT molecular complexity index is 163. The molecule has 1 N–H and O–H groups in total. The molecule has 0 radical (unpaired) electrons. The van der Waals surface area contributed by atoms with Crippen molar-refractivity contribution in [2.75, 3.05) is 13.1 Å². The number of likely N-dealkylation sites (tertiary alicyclic amines) is 1. The van der Waals surface area contributed by atoms with Crippen LogP contribution in [0.25, 0.3) is 0 Å². The molecule has 1 fully saturated rings. The summed E-state index contributed by atoms with van der Waals surface area (Å²) in [5, 5.41) is 7.76. The van der Waals surface area contributed by atoms with Crippen LogP contribution in [0.3, 0.4) is 0 Å². The van der Waals surface area contributed by atoms with E-state index in [1.807, 2.05) is 0 Å². The van der Waals surface area contributed by atoms with Crippen molar-refractivity contribution in [2.24, 2.45) is 5.92 Å². The van der Waals surface area contributed by atoms with E-state index in [1.165, 1.54) is 25.7 Å². The number of amidine groups is 1. The first kappa shape index (κ1) is 10.6. The van der Waals surface area contributed by atoms with Gasteiger partial charge < -0.3 is 4.90 Å². The SMILES string of the molecule is CC(C)CCCN1CCCCC1=N. The molecule has 2 nitrogen and oxygen atoms in total. The molecule has 0 saturated carbocycles. The zero-order valence-electron chi connectivity index (χ0n) is 8.97. The normalized spacial score (nSPS) is 18.4. The van der Waals surface area contributed by atoms with Gasteiger partial charge in [0.25, 0.3) is 0 Å². The lowest BCUT2D eigenvalue weighted by Gasteiger charge is -2.29. The number of nitrogens with one attached hydrogen (secondary N) is 1. The van der Waals surface area contributed by atoms with Gasteiger partial charge in [-0.3, -0.25) is 5.41 Å². The smallest absolute Gasteiger partial charge is 0.0957 e. The number of hydrogen-bond acceptors (Lipinski definition) is 1. The predicted octanol–water partition coefficient (Wildman–Crippen LogP) is 2.89. The van der Waals surface area contributed by atoms with Gasteiger partial charge in [-0.1, -0.05) is 13.8 Å². The molecule has 0 aromatic carbocycles. The number of hydrogen-bond donors (Lipinski definition) is 1. The van der Waals surface area contributed by atoms with Crippen LogP contribution in [0, 0.1) is 11.3 Å². The van der Waals surface area contributed by atoms with Crippen LogP contribution in [0.1, 0.15) is 46.0 Å². The molecule has 0 unspecified atom stereocenters. The Labute approximate surface area is 81.8 Å². The number of nitrogens with zero attached hydrogens (tertiary/aromatic N) is 1. The molecule has 76 valence electrons. The molecule has 1 heterocycles. The molecule has 1 saturated heterocycles. The van der Waals surface area contributed by atoms with Crippen molar-refractivity contribution in [1.82, 2.24) is 4.90 Å². The highest BCUT2D eigenvalue weighted by Gasteiger charge is 2.13. The minimum Gasteiger partial charge on any atom is -0.361 e. The number of rotatable bonds is 4. The molecule has 0 aromatic rings. The molecule has 2 heteroatoms. The van der Waals surface area contributed by atoms with Gasteiger partial charge in [-0.2, -0.15) is 0 Å². The summed E-state index contributed by atoms with van der Waals surface area (Å²) < 4.78 is 0. The van der Waals surface area contributed by atoms with E-state index >= 15 is 0 Å². The van der Waals surface area contributed by atoms with Crippen LogP contribution in [-0.4, -0.2) is 23.8 Å². The van der Waals surface area contributed by atoms with Gasteiger partial charge in [0.1, 0.15) is 0 Å². The second-order valence-corrected chi connectivity index (χ2v) is 4.43. The summed E-state index contributed by atoms with van der Waals surface area (Å²) in [6.07, 6.45) is 6.05. The van der Waals surface area contributed by atoms with Crippen molar-refractivity contribution in [3.8, 4) is 0 Å². The molecule has 0 atom stereocenters. The average Bonchev–Trinajstić information content (AvgIpc) is 2.08. The summed E-state index contributed by atoms with van der Waals surface area (Å²) in [4.78, 5) is 2.26. The van der Waals surface area contributed by atoms with Crippen LogP contribution in [0.15, 0.2) is 0 Å². The zero-order valence-corrected chi connectivity index (χ0v) is 8.97. The summed E-state index contributed by atoms with van der Waals surface area (Å²) >= 11 is 0. The Morgan fingerprint density at radius 2 is 2.15 bits per heavy atom. The molecule has 1 aliphatic rings. The molecule has 1 rings (SSSR count). The minimum absolute atomic E-state index is 0.805. The van der Waals surface area contributed by atoms with E-state index in [-0.39, 0.29) is 0 Å². The van der Waals surface area contributed by atoms with Gasteiger partial charge in [-0.05, 0) is 31.6 Å². The maximum Gasteiger partial charge on any atom is 0.0957 e. The largest absolute Gasteiger partial charge is 0.361 e. The second-order valence-electron chi connectivity index (χ2n) is 4.43. The Hall–Kier alpha value is -0.530. The van der Waals surface area contributed by atoms with Gasteiger partial charge in [0.05, 0.1) is 5.84 Å². The first-order valence-corrected chi connectivity index (χ1v) is 5.52. The third kappa shape index (κ3) is 3.79. The van der Waals surface area contributed by atoms with E-state index in [4.69, 9.17) is 5.41 Å². The highest BCUT2D eigenvalue weighted by Crippen LogP contribution is 2.12. The second kappa shape index (κ2) is 5.25. The summed E-state index contributed by atoms with van der Waals surface area (Å²) in [7, 11) is 0. The average molecular weight is 182 g/mol. The lowest BCUT2D eigenvalue weighted by Crippen LogP contribution is -2.35. The van der Waals surface area contributed by atoms with Gasteiger partial charge in [0.15, 0.2) is 0 Å². The predicted molar refractivity (Wildman–Crippen MR) is 57.2 cm³/mol. The first-order chi connectivity index (χ1) is 6.20. The van der Waals surface area contributed by atoms with Gasteiger partial charge in [-0.25, -0.2) is 0 Å². The van der Waals surface area contributed by atoms with E-state index in [2.05, 4.69) is 18.7 Å². The topological polar surface area (TPSA) is 27.1 Å². The molecule has 0 amide bonds. The highest BCUT2D eigenvalue weighted by molar-refractivity contribution is 5.79. The molecule has 13 heavy (non-hydrogen) atoms. The third-order valence-corrected chi connectivity index (χ3v) is 2.68. The van der Waals surface area contributed by atoms with Crippen LogP contribution in [0.2, 0.25) is 0 Å². The van der Waals surface area contributed by atoms with Gasteiger partial charge in [-0.15, -0.1) is 0 Å². The standard InChI is InChI=1S/C11H22N2/c1-10(2)6-5-9-13-8-4-3-7-11(13)12/h10,12H,3-9H2,1-2H3. The van der Waals surface area contributed by atoms with Gasteiger partial charge in [0, 0.05) is 19.5 Å². The van der Waals surface area contributed by atoms with Gasteiger partial charge >= 0.3 is 0 Å². The van der Waals surface area contributed by atoms with E-state index in [0.29, 0.717) is 0 Å². The van der Waals surface area contributed by atoms with E-state index in [0.717, 1.165) is 31.3 Å². The zero-order chi connectivity index (χ0) is 9.68. The van der Waals surface area contributed by atoms with E-state index < -0.39 is 0 Å². The maximum absolute atomic E-state index is 7.76. The Balaban J connectivity index is 2.15. The van der Waals surface area contributed by atoms with Crippen LogP contribution in [0.5, 0.6) is 0 Å². The van der Waals surface area contributed by atoms with Crippen LogP contribution in [-0.2, 0) is 0 Å². The molecule has 0 bridgehead atoms. The monoisotopic (exact) mass is 182 g/mol.